The zero-order chi connectivity index (χ0) is 12.0. The molecule has 0 saturated heterocycles. The van der Waals surface area contributed by atoms with Gasteiger partial charge in [-0.1, -0.05) is 13.8 Å². The van der Waals surface area contributed by atoms with E-state index in [9.17, 15) is 9.59 Å². The Bertz CT molecular complexity index is 357. The first-order chi connectivity index (χ1) is 7.74. The van der Waals surface area contributed by atoms with Crippen molar-refractivity contribution in [2.45, 2.75) is 32.7 Å². The highest BCUT2D eigenvalue weighted by atomic mass is 16.5. The normalized spacial score (nSPS) is 12.1. The summed E-state index contributed by atoms with van der Waals surface area (Å²) in [6.45, 7) is 4.26. The number of carbonyl (C=O) groups excluding carboxylic acids is 2. The van der Waals surface area contributed by atoms with Crippen LogP contribution in [0.2, 0.25) is 0 Å². The van der Waals surface area contributed by atoms with Crippen LogP contribution in [0.3, 0.4) is 0 Å². The number of hydrogen-bond acceptors (Lipinski definition) is 3. The van der Waals surface area contributed by atoms with Gasteiger partial charge >= 0.3 is 5.97 Å². The van der Waals surface area contributed by atoms with Crippen LogP contribution in [-0.4, -0.2) is 23.4 Å². The predicted molar refractivity (Wildman–Crippen MR) is 60.4 cm³/mol. The number of carbonyl (C=O) groups is 2. The van der Waals surface area contributed by atoms with Gasteiger partial charge in [0.2, 0.25) is 0 Å². The van der Waals surface area contributed by atoms with Crippen molar-refractivity contribution in [2.24, 2.45) is 0 Å². The highest BCUT2D eigenvalue weighted by molar-refractivity contribution is 5.78. The second-order valence-corrected chi connectivity index (χ2v) is 3.55. The topological polar surface area (TPSA) is 48.3 Å². The first-order valence-corrected chi connectivity index (χ1v) is 5.53. The Labute approximate surface area is 95.2 Å². The van der Waals surface area contributed by atoms with Crippen molar-refractivity contribution in [3.8, 4) is 0 Å². The van der Waals surface area contributed by atoms with E-state index in [0.29, 0.717) is 18.7 Å². The van der Waals surface area contributed by atoms with Crippen LogP contribution in [0, 0.1) is 0 Å². The summed E-state index contributed by atoms with van der Waals surface area (Å²) >= 11 is 0. The fourth-order valence-corrected chi connectivity index (χ4v) is 1.57. The Kier molecular flexibility index (Phi) is 4.76. The number of aromatic nitrogens is 1. The van der Waals surface area contributed by atoms with Crippen LogP contribution in [0.5, 0.6) is 0 Å². The second-order valence-electron chi connectivity index (χ2n) is 3.55. The lowest BCUT2D eigenvalue weighted by Crippen LogP contribution is -2.22. The summed E-state index contributed by atoms with van der Waals surface area (Å²) in [6.07, 6.45) is 3.88. The summed E-state index contributed by atoms with van der Waals surface area (Å²) < 4.78 is 6.75. The molecule has 1 atom stereocenters. The molecule has 16 heavy (non-hydrogen) atoms. The fourth-order valence-electron chi connectivity index (χ4n) is 1.57. The third-order valence-electron chi connectivity index (χ3n) is 2.38. The Balaban J connectivity index is 2.81. The van der Waals surface area contributed by atoms with Crippen LogP contribution in [0.25, 0.3) is 0 Å². The van der Waals surface area contributed by atoms with Crippen LogP contribution in [0.4, 0.5) is 0 Å². The van der Waals surface area contributed by atoms with Gasteiger partial charge in [-0.25, -0.2) is 4.79 Å². The van der Waals surface area contributed by atoms with Gasteiger partial charge in [-0.05, 0) is 25.0 Å². The Hall–Kier alpha value is -1.58. The van der Waals surface area contributed by atoms with Crippen molar-refractivity contribution < 1.29 is 14.3 Å². The molecule has 0 aliphatic heterocycles. The van der Waals surface area contributed by atoms with Crippen molar-refractivity contribution in [3.63, 3.8) is 0 Å². The molecule has 0 N–H and O–H groups in total. The van der Waals surface area contributed by atoms with Crippen LogP contribution in [-0.2, 0) is 9.53 Å². The van der Waals surface area contributed by atoms with Gasteiger partial charge in [0.15, 0.2) is 6.29 Å². The molecule has 1 unspecified atom stereocenters. The largest absolute Gasteiger partial charge is 0.464 e. The van der Waals surface area contributed by atoms with Gasteiger partial charge < -0.3 is 9.30 Å². The van der Waals surface area contributed by atoms with Gasteiger partial charge in [0.1, 0.15) is 6.04 Å². The molecule has 0 aliphatic rings. The maximum absolute atomic E-state index is 11.7. The van der Waals surface area contributed by atoms with Gasteiger partial charge in [0, 0.05) is 6.20 Å². The van der Waals surface area contributed by atoms with E-state index >= 15 is 0 Å². The molecule has 0 radical (unpaired) electrons. The van der Waals surface area contributed by atoms with Gasteiger partial charge in [-0.3, -0.25) is 4.79 Å². The minimum Gasteiger partial charge on any atom is -0.464 e. The first kappa shape index (κ1) is 12.5. The summed E-state index contributed by atoms with van der Waals surface area (Å²) in [4.78, 5) is 22.5. The molecule has 1 aromatic rings. The van der Waals surface area contributed by atoms with E-state index in [4.69, 9.17) is 4.74 Å². The Morgan fingerprint density at radius 2 is 2.31 bits per heavy atom. The molecule has 4 nitrogen and oxygen atoms in total. The summed E-state index contributed by atoms with van der Waals surface area (Å²) in [5.41, 5.74) is 0.500. The molecule has 0 bridgehead atoms. The maximum atomic E-state index is 11.7. The zero-order valence-electron chi connectivity index (χ0n) is 9.68. The lowest BCUT2D eigenvalue weighted by Gasteiger charge is -2.17. The quantitative estimate of drug-likeness (QED) is 0.548. The lowest BCUT2D eigenvalue weighted by molar-refractivity contribution is -0.147. The van der Waals surface area contributed by atoms with Crippen molar-refractivity contribution in [3.05, 3.63) is 24.0 Å². The Morgan fingerprint density at radius 1 is 1.56 bits per heavy atom. The van der Waals surface area contributed by atoms with Crippen LogP contribution in [0.15, 0.2) is 18.3 Å². The standard InChI is InChI=1S/C12H17NO3/c1-3-8-16-12(15)11(4-2)13-7-5-6-10(13)9-14/h5-7,9,11H,3-4,8H2,1-2H3. The molecule has 1 aromatic heterocycles. The molecule has 0 saturated carbocycles. The number of hydrogen-bond donors (Lipinski definition) is 0. The van der Waals surface area contributed by atoms with E-state index in [1.807, 2.05) is 13.8 Å². The summed E-state index contributed by atoms with van der Waals surface area (Å²) in [5.74, 6) is -0.274. The molecule has 4 heteroatoms. The number of aldehydes is 1. The molecule has 0 aromatic carbocycles. The first-order valence-electron chi connectivity index (χ1n) is 5.53. The van der Waals surface area contributed by atoms with Gasteiger partial charge in [0.25, 0.3) is 0 Å². The van der Waals surface area contributed by atoms with Crippen molar-refractivity contribution in [1.82, 2.24) is 4.57 Å². The number of rotatable bonds is 6. The van der Waals surface area contributed by atoms with Crippen LogP contribution < -0.4 is 0 Å². The molecular weight excluding hydrogens is 206 g/mol. The van der Waals surface area contributed by atoms with Crippen molar-refractivity contribution in [2.75, 3.05) is 6.61 Å². The zero-order valence-corrected chi connectivity index (χ0v) is 9.68. The minimum absolute atomic E-state index is 0.274. The molecular formula is C12H17NO3. The maximum Gasteiger partial charge on any atom is 0.329 e. The van der Waals surface area contributed by atoms with Crippen molar-refractivity contribution in [1.29, 1.82) is 0 Å². The van der Waals surface area contributed by atoms with Gasteiger partial charge in [0.05, 0.1) is 12.3 Å². The predicted octanol–water partition coefficient (Wildman–Crippen LogP) is 2.20. The average Bonchev–Trinajstić information content (AvgIpc) is 2.75. The average molecular weight is 223 g/mol. The van der Waals surface area contributed by atoms with E-state index in [2.05, 4.69) is 0 Å². The fraction of sp³-hybridized carbons (Fsp3) is 0.500. The van der Waals surface area contributed by atoms with Crippen LogP contribution in [0.1, 0.15) is 43.2 Å². The van der Waals surface area contributed by atoms with E-state index < -0.39 is 6.04 Å². The highest BCUT2D eigenvalue weighted by Crippen LogP contribution is 2.16. The van der Waals surface area contributed by atoms with Crippen LogP contribution >= 0.6 is 0 Å². The van der Waals surface area contributed by atoms with E-state index in [0.717, 1.165) is 12.7 Å². The third-order valence-corrected chi connectivity index (χ3v) is 2.38. The molecule has 1 heterocycles. The molecule has 0 aliphatic carbocycles. The molecule has 0 fully saturated rings. The Morgan fingerprint density at radius 3 is 2.88 bits per heavy atom. The number of esters is 1. The smallest absolute Gasteiger partial charge is 0.329 e. The summed E-state index contributed by atoms with van der Waals surface area (Å²) in [7, 11) is 0. The van der Waals surface area contributed by atoms with E-state index in [-0.39, 0.29) is 5.97 Å². The minimum atomic E-state index is -0.401. The lowest BCUT2D eigenvalue weighted by atomic mass is 10.2. The monoisotopic (exact) mass is 223 g/mol. The summed E-state index contributed by atoms with van der Waals surface area (Å²) in [5, 5.41) is 0. The van der Waals surface area contributed by atoms with Crippen molar-refractivity contribution >= 4 is 12.3 Å². The van der Waals surface area contributed by atoms with E-state index in [1.165, 1.54) is 0 Å². The highest BCUT2D eigenvalue weighted by Gasteiger charge is 2.21. The number of ether oxygens (including phenoxy) is 1. The molecule has 0 spiro atoms. The SMILES string of the molecule is CCCOC(=O)C(CC)n1cccc1C=O. The van der Waals surface area contributed by atoms with E-state index in [1.54, 1.807) is 22.9 Å². The molecule has 0 amide bonds. The third kappa shape index (κ3) is 2.72. The van der Waals surface area contributed by atoms with Gasteiger partial charge in [-0.15, -0.1) is 0 Å². The molecule has 88 valence electrons. The molecule has 1 rings (SSSR count). The second kappa shape index (κ2) is 6.10. The van der Waals surface area contributed by atoms with Gasteiger partial charge in [-0.2, -0.15) is 0 Å². The number of nitrogens with zero attached hydrogens (tertiary/aromatic N) is 1. The summed E-state index contributed by atoms with van der Waals surface area (Å²) in [6, 6.07) is 3.03.